The highest BCUT2D eigenvalue weighted by atomic mass is 16.5. The fourth-order valence-corrected chi connectivity index (χ4v) is 2.70. The molecule has 0 N–H and O–H groups in total. The number of nitrogens with zero attached hydrogens (tertiary/aromatic N) is 3. The topological polar surface area (TPSA) is 55.3 Å². The number of aromatic nitrogens is 2. The Morgan fingerprint density at radius 3 is 2.45 bits per heavy atom. The second kappa shape index (κ2) is 6.63. The summed E-state index contributed by atoms with van der Waals surface area (Å²) in [4.78, 5) is 22.8. The minimum absolute atomic E-state index is 0.0421. The first kappa shape index (κ1) is 16.7. The molecular weight excluding hydrogens is 278 g/mol. The van der Waals surface area contributed by atoms with Crippen LogP contribution in [-0.2, 0) is 4.79 Å². The molecule has 2 rings (SSSR count). The van der Waals surface area contributed by atoms with Crippen molar-refractivity contribution >= 4 is 5.91 Å². The molecule has 0 atom stereocenters. The third kappa shape index (κ3) is 4.97. The van der Waals surface area contributed by atoms with E-state index in [2.05, 4.69) is 30.7 Å². The van der Waals surface area contributed by atoms with E-state index in [0.29, 0.717) is 12.3 Å². The van der Waals surface area contributed by atoms with Crippen molar-refractivity contribution in [1.29, 1.82) is 0 Å². The average molecular weight is 305 g/mol. The van der Waals surface area contributed by atoms with E-state index in [1.165, 1.54) is 0 Å². The van der Waals surface area contributed by atoms with Gasteiger partial charge in [-0.05, 0) is 19.3 Å². The van der Waals surface area contributed by atoms with E-state index in [0.717, 1.165) is 37.4 Å². The zero-order chi connectivity index (χ0) is 16.3. The first-order chi connectivity index (χ1) is 10.2. The number of hydrogen-bond acceptors (Lipinski definition) is 4. The smallest absolute Gasteiger partial charge is 0.223 e. The molecule has 1 aliphatic rings. The van der Waals surface area contributed by atoms with Gasteiger partial charge >= 0.3 is 0 Å². The van der Waals surface area contributed by atoms with Crippen LogP contribution in [-0.4, -0.2) is 40.0 Å². The van der Waals surface area contributed by atoms with Gasteiger partial charge in [0.1, 0.15) is 11.9 Å². The molecule has 0 aliphatic carbocycles. The molecule has 5 nitrogen and oxygen atoms in total. The molecule has 1 fully saturated rings. The second-order valence-electron chi connectivity index (χ2n) is 7.33. The third-order valence-electron chi connectivity index (χ3n) is 3.71. The van der Waals surface area contributed by atoms with Gasteiger partial charge in [-0.25, -0.2) is 4.98 Å². The van der Waals surface area contributed by atoms with E-state index in [1.54, 1.807) is 0 Å². The van der Waals surface area contributed by atoms with Crippen LogP contribution in [0.2, 0.25) is 0 Å². The molecule has 0 radical (unpaired) electrons. The Kier molecular flexibility index (Phi) is 5.04. The summed E-state index contributed by atoms with van der Waals surface area (Å²) in [6, 6.07) is 1.87. The maximum Gasteiger partial charge on any atom is 0.223 e. The summed E-state index contributed by atoms with van der Waals surface area (Å²) in [5.74, 6) is 1.62. The first-order valence-corrected chi connectivity index (χ1v) is 8.00. The molecule has 0 aromatic carbocycles. The van der Waals surface area contributed by atoms with Crippen molar-refractivity contribution in [2.75, 3.05) is 13.1 Å². The van der Waals surface area contributed by atoms with Crippen molar-refractivity contribution in [3.05, 3.63) is 17.6 Å². The predicted molar refractivity (Wildman–Crippen MR) is 85.8 cm³/mol. The van der Waals surface area contributed by atoms with Gasteiger partial charge in [0.25, 0.3) is 0 Å². The zero-order valence-electron chi connectivity index (χ0n) is 14.3. The summed E-state index contributed by atoms with van der Waals surface area (Å²) in [6.45, 7) is 11.6. The van der Waals surface area contributed by atoms with Gasteiger partial charge in [-0.1, -0.05) is 20.8 Å². The minimum atomic E-state index is 0.0421. The van der Waals surface area contributed by atoms with Crippen LogP contribution in [0.1, 0.15) is 51.6 Å². The molecule has 0 spiro atoms. The summed E-state index contributed by atoms with van der Waals surface area (Å²) >= 11 is 0. The van der Waals surface area contributed by atoms with Gasteiger partial charge in [-0.15, -0.1) is 0 Å². The van der Waals surface area contributed by atoms with E-state index in [9.17, 15) is 4.79 Å². The lowest BCUT2D eigenvalue weighted by Crippen LogP contribution is -2.42. The van der Waals surface area contributed by atoms with Crippen molar-refractivity contribution in [2.45, 2.75) is 60.0 Å². The SMILES string of the molecule is Cc1cc(OC2CCN(C(=O)CC(C)(C)C)CC2)nc(C)n1. The Labute approximate surface area is 133 Å². The van der Waals surface area contributed by atoms with Crippen LogP contribution in [0.4, 0.5) is 0 Å². The highest BCUT2D eigenvalue weighted by Crippen LogP contribution is 2.23. The normalized spacial score (nSPS) is 16.7. The van der Waals surface area contributed by atoms with Gasteiger partial charge in [-0.3, -0.25) is 4.79 Å². The number of amides is 1. The summed E-state index contributed by atoms with van der Waals surface area (Å²) in [7, 11) is 0. The van der Waals surface area contributed by atoms with Crippen molar-refractivity contribution in [1.82, 2.24) is 14.9 Å². The molecule has 5 heteroatoms. The van der Waals surface area contributed by atoms with Crippen LogP contribution in [0.25, 0.3) is 0 Å². The Balaban J connectivity index is 1.86. The Morgan fingerprint density at radius 1 is 1.27 bits per heavy atom. The number of carbonyl (C=O) groups excluding carboxylic acids is 1. The van der Waals surface area contributed by atoms with Crippen LogP contribution in [0, 0.1) is 19.3 Å². The lowest BCUT2D eigenvalue weighted by atomic mass is 9.91. The van der Waals surface area contributed by atoms with Crippen LogP contribution in [0.15, 0.2) is 6.07 Å². The Hall–Kier alpha value is -1.65. The number of ether oxygens (including phenoxy) is 1. The van der Waals surface area contributed by atoms with Crippen LogP contribution >= 0.6 is 0 Å². The molecule has 0 bridgehead atoms. The molecule has 0 unspecified atom stereocenters. The summed E-state index contributed by atoms with van der Waals surface area (Å²) in [6.07, 6.45) is 2.45. The maximum atomic E-state index is 12.2. The van der Waals surface area contributed by atoms with Crippen molar-refractivity contribution in [3.8, 4) is 5.88 Å². The Bertz CT molecular complexity index is 509. The molecule has 1 aromatic heterocycles. The second-order valence-corrected chi connectivity index (χ2v) is 7.33. The predicted octanol–water partition coefficient (Wildman–Crippen LogP) is 2.90. The lowest BCUT2D eigenvalue weighted by Gasteiger charge is -2.33. The first-order valence-electron chi connectivity index (χ1n) is 8.00. The van der Waals surface area contributed by atoms with Gasteiger partial charge in [-0.2, -0.15) is 4.98 Å². The van der Waals surface area contributed by atoms with Crippen LogP contribution in [0.5, 0.6) is 5.88 Å². The molecule has 2 heterocycles. The van der Waals surface area contributed by atoms with E-state index in [-0.39, 0.29) is 17.4 Å². The number of aryl methyl sites for hydroxylation is 2. The number of likely N-dealkylation sites (tertiary alicyclic amines) is 1. The molecule has 1 aliphatic heterocycles. The van der Waals surface area contributed by atoms with E-state index in [1.807, 2.05) is 24.8 Å². The maximum absolute atomic E-state index is 12.2. The number of piperidine rings is 1. The monoisotopic (exact) mass is 305 g/mol. The van der Waals surface area contributed by atoms with Crippen LogP contribution in [0.3, 0.4) is 0 Å². The van der Waals surface area contributed by atoms with E-state index in [4.69, 9.17) is 4.74 Å². The standard InChI is InChI=1S/C17H27N3O2/c1-12-10-15(19-13(2)18-12)22-14-6-8-20(9-7-14)16(21)11-17(3,4)5/h10,14H,6-9,11H2,1-5H3. The molecule has 1 saturated heterocycles. The summed E-state index contributed by atoms with van der Waals surface area (Å²) < 4.78 is 5.96. The van der Waals surface area contributed by atoms with Gasteiger partial charge in [0, 0.05) is 44.1 Å². The molecule has 0 saturated carbocycles. The highest BCUT2D eigenvalue weighted by molar-refractivity contribution is 5.76. The fourth-order valence-electron chi connectivity index (χ4n) is 2.70. The van der Waals surface area contributed by atoms with E-state index < -0.39 is 0 Å². The van der Waals surface area contributed by atoms with Gasteiger partial charge in [0.05, 0.1) is 0 Å². The molecule has 1 aromatic rings. The molecular formula is C17H27N3O2. The average Bonchev–Trinajstić information content (AvgIpc) is 2.36. The third-order valence-corrected chi connectivity index (χ3v) is 3.71. The van der Waals surface area contributed by atoms with Gasteiger partial charge in [0.2, 0.25) is 11.8 Å². The van der Waals surface area contributed by atoms with Crippen molar-refractivity contribution < 1.29 is 9.53 Å². The van der Waals surface area contributed by atoms with Crippen molar-refractivity contribution in [2.24, 2.45) is 5.41 Å². The van der Waals surface area contributed by atoms with Crippen LogP contribution < -0.4 is 4.74 Å². The largest absolute Gasteiger partial charge is 0.474 e. The number of rotatable bonds is 3. The lowest BCUT2D eigenvalue weighted by molar-refractivity contribution is -0.134. The minimum Gasteiger partial charge on any atom is -0.474 e. The molecule has 22 heavy (non-hydrogen) atoms. The summed E-state index contributed by atoms with van der Waals surface area (Å²) in [5, 5.41) is 0. The number of carbonyl (C=O) groups is 1. The fraction of sp³-hybridized carbons (Fsp3) is 0.706. The molecule has 1 amide bonds. The Morgan fingerprint density at radius 2 is 1.91 bits per heavy atom. The number of hydrogen-bond donors (Lipinski definition) is 0. The van der Waals surface area contributed by atoms with Gasteiger partial charge < -0.3 is 9.64 Å². The van der Waals surface area contributed by atoms with Crippen molar-refractivity contribution in [3.63, 3.8) is 0 Å². The van der Waals surface area contributed by atoms with Gasteiger partial charge in [0.15, 0.2) is 0 Å². The van der Waals surface area contributed by atoms with E-state index >= 15 is 0 Å². The summed E-state index contributed by atoms with van der Waals surface area (Å²) in [5.41, 5.74) is 0.959. The quantitative estimate of drug-likeness (QED) is 0.861. The molecule has 122 valence electrons. The highest BCUT2D eigenvalue weighted by Gasteiger charge is 2.26. The zero-order valence-corrected chi connectivity index (χ0v) is 14.3.